The minimum absolute atomic E-state index is 0.0221. The molecule has 7 nitrogen and oxygen atoms in total. The maximum absolute atomic E-state index is 12.1. The maximum Gasteiger partial charge on any atom is 0.408 e. The molecule has 2 aromatic carbocycles. The maximum atomic E-state index is 12.1. The highest BCUT2D eigenvalue weighted by Gasteiger charge is 2.20. The molecule has 2 aromatic rings. The second kappa shape index (κ2) is 10.3. The van der Waals surface area contributed by atoms with Crippen LogP contribution in [0.2, 0.25) is 0 Å². The number of hydrogen-bond acceptors (Lipinski definition) is 5. The predicted octanol–water partition coefficient (Wildman–Crippen LogP) is 3.13. The highest BCUT2D eigenvalue weighted by molar-refractivity contribution is 7.94. The molecule has 8 heteroatoms. The molecule has 0 saturated carbocycles. The first-order valence-corrected chi connectivity index (χ1v) is 10.1. The van der Waals surface area contributed by atoms with E-state index in [4.69, 9.17) is 4.74 Å². The molecule has 2 rings (SSSR count). The topological polar surface area (TPSA) is 110 Å². The Hall–Kier alpha value is -3.13. The van der Waals surface area contributed by atoms with Gasteiger partial charge in [-0.2, -0.15) is 0 Å². The van der Waals surface area contributed by atoms with Gasteiger partial charge in [-0.25, -0.2) is 18.0 Å². The Morgan fingerprint density at radius 1 is 1.04 bits per heavy atom. The molecule has 2 N–H and O–H groups in total. The van der Waals surface area contributed by atoms with Gasteiger partial charge in [-0.15, -0.1) is 0 Å². The van der Waals surface area contributed by atoms with Crippen molar-refractivity contribution in [1.29, 1.82) is 0 Å². The van der Waals surface area contributed by atoms with Gasteiger partial charge in [-0.05, 0) is 30.5 Å². The molecule has 1 atom stereocenters. The van der Waals surface area contributed by atoms with Gasteiger partial charge in [0.25, 0.3) is 0 Å². The number of alkyl carbamates (subject to hydrolysis) is 1. The molecule has 28 heavy (non-hydrogen) atoms. The monoisotopic (exact) mass is 403 g/mol. The predicted molar refractivity (Wildman–Crippen MR) is 103 cm³/mol. The molecule has 0 spiro atoms. The van der Waals surface area contributed by atoms with Gasteiger partial charge in [0.15, 0.2) is 9.84 Å². The SMILES string of the molecule is O=C(N[C@@H](CCC=CS(=O)(=O)c1ccccc1)C(=O)O)OCc1ccccc1. The van der Waals surface area contributed by atoms with Crippen LogP contribution in [0.4, 0.5) is 4.79 Å². The summed E-state index contributed by atoms with van der Waals surface area (Å²) in [6, 6.07) is 15.7. The molecule has 0 aliphatic carbocycles. The van der Waals surface area contributed by atoms with Crippen molar-refractivity contribution >= 4 is 21.9 Å². The highest BCUT2D eigenvalue weighted by atomic mass is 32.2. The van der Waals surface area contributed by atoms with E-state index in [0.29, 0.717) is 0 Å². The average Bonchev–Trinajstić information content (AvgIpc) is 2.70. The van der Waals surface area contributed by atoms with Crippen molar-refractivity contribution in [3.8, 4) is 0 Å². The zero-order valence-corrected chi connectivity index (χ0v) is 15.8. The fourth-order valence-electron chi connectivity index (χ4n) is 2.31. The fourth-order valence-corrected chi connectivity index (χ4v) is 3.39. The second-order valence-corrected chi connectivity index (χ2v) is 7.74. The van der Waals surface area contributed by atoms with E-state index in [1.54, 1.807) is 42.5 Å². The standard InChI is InChI=1S/C20H21NO6S/c22-19(23)18(21-20(24)27-15-16-9-3-1-4-10-16)13-7-8-14-28(25,26)17-11-5-2-6-12-17/h1-6,8-12,14,18H,7,13,15H2,(H,21,24)(H,22,23)/t18-/m0/s1. The lowest BCUT2D eigenvalue weighted by Crippen LogP contribution is -2.40. The first kappa shape index (κ1) is 21.2. The Labute approximate surface area is 163 Å². The molecular weight excluding hydrogens is 382 g/mol. The molecule has 0 aromatic heterocycles. The van der Waals surface area contributed by atoms with Gasteiger partial charge in [0, 0.05) is 5.41 Å². The number of carbonyl (C=O) groups excluding carboxylic acids is 1. The molecule has 1 amide bonds. The van der Waals surface area contributed by atoms with Crippen LogP contribution in [0.1, 0.15) is 18.4 Å². The van der Waals surface area contributed by atoms with Crippen LogP contribution < -0.4 is 5.32 Å². The number of ether oxygens (including phenoxy) is 1. The number of carbonyl (C=O) groups is 2. The van der Waals surface area contributed by atoms with E-state index in [1.165, 1.54) is 18.2 Å². The van der Waals surface area contributed by atoms with Crippen molar-refractivity contribution in [2.75, 3.05) is 0 Å². The lowest BCUT2D eigenvalue weighted by molar-refractivity contribution is -0.139. The molecule has 0 aliphatic heterocycles. The van der Waals surface area contributed by atoms with Crippen molar-refractivity contribution in [3.63, 3.8) is 0 Å². The van der Waals surface area contributed by atoms with Gasteiger partial charge in [-0.1, -0.05) is 54.6 Å². The van der Waals surface area contributed by atoms with Crippen LogP contribution in [0.5, 0.6) is 0 Å². The summed E-state index contributed by atoms with van der Waals surface area (Å²) in [5, 5.41) is 12.5. The van der Waals surface area contributed by atoms with Crippen molar-refractivity contribution in [1.82, 2.24) is 5.32 Å². The molecule has 0 aliphatic rings. The van der Waals surface area contributed by atoms with E-state index < -0.39 is 27.9 Å². The number of benzene rings is 2. The van der Waals surface area contributed by atoms with Crippen LogP contribution in [-0.2, 0) is 26.0 Å². The second-order valence-electron chi connectivity index (χ2n) is 5.90. The zero-order valence-electron chi connectivity index (χ0n) is 15.0. The van der Waals surface area contributed by atoms with Crippen LogP contribution in [-0.4, -0.2) is 31.6 Å². The number of allylic oxidation sites excluding steroid dienone is 1. The summed E-state index contributed by atoms with van der Waals surface area (Å²) in [5.74, 6) is -1.23. The van der Waals surface area contributed by atoms with Crippen LogP contribution in [0.25, 0.3) is 0 Å². The third-order valence-electron chi connectivity index (χ3n) is 3.77. The summed E-state index contributed by atoms with van der Waals surface area (Å²) in [7, 11) is -3.58. The minimum atomic E-state index is -3.58. The highest BCUT2D eigenvalue weighted by Crippen LogP contribution is 2.12. The van der Waals surface area contributed by atoms with E-state index >= 15 is 0 Å². The van der Waals surface area contributed by atoms with Crippen molar-refractivity contribution in [2.24, 2.45) is 0 Å². The van der Waals surface area contributed by atoms with E-state index in [-0.39, 0.29) is 24.3 Å². The van der Waals surface area contributed by atoms with Gasteiger partial charge in [0.2, 0.25) is 0 Å². The lowest BCUT2D eigenvalue weighted by Gasteiger charge is -2.13. The number of carboxylic acids is 1. The first-order chi connectivity index (χ1) is 13.4. The third-order valence-corrected chi connectivity index (χ3v) is 5.25. The Morgan fingerprint density at radius 3 is 2.25 bits per heavy atom. The number of amides is 1. The van der Waals surface area contributed by atoms with Crippen LogP contribution in [0.15, 0.2) is 77.0 Å². The Bertz CT molecular complexity index is 910. The molecule has 0 bridgehead atoms. The Kier molecular flexibility index (Phi) is 7.76. The Morgan fingerprint density at radius 2 is 1.64 bits per heavy atom. The number of carboxylic acid groups (broad SMARTS) is 1. The van der Waals surface area contributed by atoms with Gasteiger partial charge >= 0.3 is 12.1 Å². The molecular formula is C20H21NO6S. The zero-order chi connectivity index (χ0) is 20.4. The van der Waals surface area contributed by atoms with E-state index in [9.17, 15) is 23.1 Å². The molecule has 0 radical (unpaired) electrons. The molecule has 148 valence electrons. The van der Waals surface area contributed by atoms with Crippen molar-refractivity contribution in [2.45, 2.75) is 30.4 Å². The van der Waals surface area contributed by atoms with E-state index in [2.05, 4.69) is 5.32 Å². The first-order valence-electron chi connectivity index (χ1n) is 8.55. The number of aliphatic carboxylic acids is 1. The van der Waals surface area contributed by atoms with Gasteiger partial charge in [0.1, 0.15) is 12.6 Å². The van der Waals surface area contributed by atoms with Gasteiger partial charge in [-0.3, -0.25) is 0 Å². The summed E-state index contributed by atoms with van der Waals surface area (Å²) >= 11 is 0. The van der Waals surface area contributed by atoms with E-state index in [0.717, 1.165) is 11.0 Å². The number of hydrogen-bond donors (Lipinski definition) is 2. The van der Waals surface area contributed by atoms with Crippen LogP contribution in [0.3, 0.4) is 0 Å². The normalized spacial score (nSPS) is 12.4. The number of nitrogens with one attached hydrogen (secondary N) is 1. The molecule has 0 unspecified atom stereocenters. The van der Waals surface area contributed by atoms with Gasteiger partial charge < -0.3 is 15.2 Å². The molecule has 0 heterocycles. The lowest BCUT2D eigenvalue weighted by atomic mass is 10.1. The third kappa shape index (κ3) is 6.88. The van der Waals surface area contributed by atoms with Crippen LogP contribution in [0, 0.1) is 0 Å². The number of sulfone groups is 1. The largest absolute Gasteiger partial charge is 0.480 e. The quantitative estimate of drug-likeness (QED) is 0.666. The summed E-state index contributed by atoms with van der Waals surface area (Å²) in [6.45, 7) is 0.0221. The molecule has 0 fully saturated rings. The van der Waals surface area contributed by atoms with Gasteiger partial charge in [0.05, 0.1) is 4.90 Å². The smallest absolute Gasteiger partial charge is 0.408 e. The fraction of sp³-hybridized carbons (Fsp3) is 0.200. The minimum Gasteiger partial charge on any atom is -0.480 e. The van der Waals surface area contributed by atoms with Crippen LogP contribution >= 0.6 is 0 Å². The Balaban J connectivity index is 1.84. The average molecular weight is 403 g/mol. The van der Waals surface area contributed by atoms with E-state index in [1.807, 2.05) is 6.07 Å². The summed E-state index contributed by atoms with van der Waals surface area (Å²) in [4.78, 5) is 23.3. The molecule has 0 saturated heterocycles. The summed E-state index contributed by atoms with van der Waals surface area (Å²) in [5.41, 5.74) is 0.776. The number of rotatable bonds is 9. The summed E-state index contributed by atoms with van der Waals surface area (Å²) in [6.07, 6.45) is 0.700. The van der Waals surface area contributed by atoms with Crippen molar-refractivity contribution < 1.29 is 27.9 Å². The van der Waals surface area contributed by atoms with Crippen molar-refractivity contribution in [3.05, 3.63) is 77.7 Å². The summed E-state index contributed by atoms with van der Waals surface area (Å²) < 4.78 is 29.2.